The average Bonchev–Trinajstić information content (AvgIpc) is 2.39. The largest absolute Gasteiger partial charge is 0.342 e. The van der Waals surface area contributed by atoms with E-state index in [0.29, 0.717) is 12.3 Å². The first-order valence-electron chi connectivity index (χ1n) is 6.84. The van der Waals surface area contributed by atoms with E-state index in [-0.39, 0.29) is 11.9 Å². The van der Waals surface area contributed by atoms with Crippen LogP contribution in [-0.2, 0) is 11.2 Å². The predicted molar refractivity (Wildman–Crippen MR) is 85.8 cm³/mol. The minimum atomic E-state index is 0.241. The molecule has 19 heavy (non-hydrogen) atoms. The summed E-state index contributed by atoms with van der Waals surface area (Å²) in [6.45, 7) is 3.78. The molecule has 1 heterocycles. The molecule has 2 rings (SSSR count). The second-order valence-electron chi connectivity index (χ2n) is 5.38. The summed E-state index contributed by atoms with van der Waals surface area (Å²) in [4.78, 5) is 14.2. The van der Waals surface area contributed by atoms with Gasteiger partial charge in [-0.05, 0) is 66.0 Å². The standard InChI is InChI=1S/C15H21IN2O/c1-11(17)13-5-7-18(8-6-13)15(19)10-12-3-2-4-14(16)9-12/h2-4,9,11,13H,5-8,10,17H2,1H3. The molecule has 1 aromatic carbocycles. The van der Waals surface area contributed by atoms with Crippen molar-refractivity contribution in [3.63, 3.8) is 0 Å². The van der Waals surface area contributed by atoms with E-state index in [9.17, 15) is 4.79 Å². The smallest absolute Gasteiger partial charge is 0.226 e. The molecule has 104 valence electrons. The van der Waals surface area contributed by atoms with Crippen molar-refractivity contribution in [3.05, 3.63) is 33.4 Å². The fraction of sp³-hybridized carbons (Fsp3) is 0.533. The number of likely N-dealkylation sites (tertiary alicyclic amines) is 1. The molecule has 1 aromatic rings. The van der Waals surface area contributed by atoms with E-state index >= 15 is 0 Å². The lowest BCUT2D eigenvalue weighted by molar-refractivity contribution is -0.131. The van der Waals surface area contributed by atoms with Gasteiger partial charge in [0.15, 0.2) is 0 Å². The van der Waals surface area contributed by atoms with Crippen molar-refractivity contribution < 1.29 is 4.79 Å². The van der Waals surface area contributed by atoms with Gasteiger partial charge in [-0.25, -0.2) is 0 Å². The van der Waals surface area contributed by atoms with Crippen LogP contribution >= 0.6 is 22.6 Å². The van der Waals surface area contributed by atoms with E-state index in [1.165, 1.54) is 3.57 Å². The van der Waals surface area contributed by atoms with Gasteiger partial charge in [0, 0.05) is 22.7 Å². The maximum atomic E-state index is 12.2. The van der Waals surface area contributed by atoms with E-state index < -0.39 is 0 Å². The number of amides is 1. The van der Waals surface area contributed by atoms with Crippen LogP contribution < -0.4 is 5.73 Å². The zero-order valence-corrected chi connectivity index (χ0v) is 13.5. The Labute approximate surface area is 128 Å². The van der Waals surface area contributed by atoms with Gasteiger partial charge in [-0.1, -0.05) is 12.1 Å². The molecule has 1 atom stereocenters. The van der Waals surface area contributed by atoms with E-state index in [2.05, 4.69) is 35.6 Å². The van der Waals surface area contributed by atoms with Crippen molar-refractivity contribution in [1.29, 1.82) is 0 Å². The van der Waals surface area contributed by atoms with Gasteiger partial charge >= 0.3 is 0 Å². The molecule has 0 radical (unpaired) electrons. The van der Waals surface area contributed by atoms with E-state index in [1.54, 1.807) is 0 Å². The summed E-state index contributed by atoms with van der Waals surface area (Å²) in [5.74, 6) is 0.812. The summed E-state index contributed by atoms with van der Waals surface area (Å²) in [5.41, 5.74) is 7.03. The zero-order valence-electron chi connectivity index (χ0n) is 11.3. The molecule has 1 aliphatic heterocycles. The summed E-state index contributed by atoms with van der Waals surface area (Å²) >= 11 is 2.28. The lowest BCUT2D eigenvalue weighted by Crippen LogP contribution is -2.43. The maximum Gasteiger partial charge on any atom is 0.226 e. The van der Waals surface area contributed by atoms with Gasteiger partial charge in [0.25, 0.3) is 0 Å². The van der Waals surface area contributed by atoms with Gasteiger partial charge < -0.3 is 10.6 Å². The second kappa shape index (κ2) is 6.70. The molecule has 4 heteroatoms. The fourth-order valence-corrected chi connectivity index (χ4v) is 3.22. The Balaban J connectivity index is 1.88. The summed E-state index contributed by atoms with van der Waals surface area (Å²) in [5, 5.41) is 0. The number of piperidine rings is 1. The van der Waals surface area contributed by atoms with Gasteiger partial charge in [-0.2, -0.15) is 0 Å². The summed E-state index contributed by atoms with van der Waals surface area (Å²) in [6, 6.07) is 8.39. The number of hydrogen-bond acceptors (Lipinski definition) is 2. The molecule has 0 saturated carbocycles. The van der Waals surface area contributed by atoms with E-state index in [1.807, 2.05) is 23.1 Å². The summed E-state index contributed by atoms with van der Waals surface area (Å²) in [7, 11) is 0. The van der Waals surface area contributed by atoms with E-state index in [0.717, 1.165) is 31.5 Å². The molecule has 1 amide bonds. The zero-order chi connectivity index (χ0) is 13.8. The quantitative estimate of drug-likeness (QED) is 0.829. The summed E-state index contributed by atoms with van der Waals surface area (Å²) < 4.78 is 1.18. The Bertz CT molecular complexity index is 440. The van der Waals surface area contributed by atoms with Crippen LogP contribution in [0.5, 0.6) is 0 Å². The number of nitrogens with two attached hydrogens (primary N) is 1. The van der Waals surface area contributed by atoms with Crippen molar-refractivity contribution in [2.45, 2.75) is 32.2 Å². The normalized spacial score (nSPS) is 18.4. The highest BCUT2D eigenvalue weighted by Crippen LogP contribution is 2.20. The van der Waals surface area contributed by atoms with Gasteiger partial charge in [0.05, 0.1) is 6.42 Å². The highest BCUT2D eigenvalue weighted by atomic mass is 127. The highest BCUT2D eigenvalue weighted by molar-refractivity contribution is 14.1. The van der Waals surface area contributed by atoms with Crippen molar-refractivity contribution >= 4 is 28.5 Å². The molecule has 3 nitrogen and oxygen atoms in total. The molecule has 1 fully saturated rings. The fourth-order valence-electron chi connectivity index (χ4n) is 2.61. The number of benzene rings is 1. The first kappa shape index (κ1) is 14.8. The van der Waals surface area contributed by atoms with Crippen LogP contribution in [0.4, 0.5) is 0 Å². The topological polar surface area (TPSA) is 46.3 Å². The van der Waals surface area contributed by atoms with Crippen molar-refractivity contribution in [2.75, 3.05) is 13.1 Å². The molecule has 0 aromatic heterocycles. The molecular formula is C15H21IN2O. The number of rotatable bonds is 3. The molecule has 1 unspecified atom stereocenters. The Morgan fingerprint density at radius 3 is 2.74 bits per heavy atom. The van der Waals surface area contributed by atoms with E-state index in [4.69, 9.17) is 5.73 Å². The third-order valence-electron chi connectivity index (χ3n) is 3.88. The molecular weight excluding hydrogens is 351 g/mol. The van der Waals surface area contributed by atoms with Crippen molar-refractivity contribution in [1.82, 2.24) is 4.90 Å². The van der Waals surface area contributed by atoms with Crippen LogP contribution in [0, 0.1) is 9.49 Å². The van der Waals surface area contributed by atoms with Gasteiger partial charge in [-0.15, -0.1) is 0 Å². The summed E-state index contributed by atoms with van der Waals surface area (Å²) in [6.07, 6.45) is 2.59. The first-order chi connectivity index (χ1) is 9.06. The number of hydrogen-bond donors (Lipinski definition) is 1. The molecule has 2 N–H and O–H groups in total. The molecule has 1 aliphatic rings. The van der Waals surface area contributed by atoms with Crippen LogP contribution in [0.25, 0.3) is 0 Å². The minimum absolute atomic E-state index is 0.241. The predicted octanol–water partition coefficient (Wildman–Crippen LogP) is 2.42. The monoisotopic (exact) mass is 372 g/mol. The minimum Gasteiger partial charge on any atom is -0.342 e. The molecule has 0 bridgehead atoms. The molecule has 0 spiro atoms. The third-order valence-corrected chi connectivity index (χ3v) is 4.55. The van der Waals surface area contributed by atoms with Crippen LogP contribution in [0.2, 0.25) is 0 Å². The maximum absolute atomic E-state index is 12.2. The van der Waals surface area contributed by atoms with Gasteiger partial charge in [0.2, 0.25) is 5.91 Å². The van der Waals surface area contributed by atoms with Gasteiger partial charge in [-0.3, -0.25) is 4.79 Å². The van der Waals surface area contributed by atoms with Crippen LogP contribution in [0.1, 0.15) is 25.3 Å². The number of carbonyl (C=O) groups excluding carboxylic acids is 1. The highest BCUT2D eigenvalue weighted by Gasteiger charge is 2.24. The van der Waals surface area contributed by atoms with Crippen LogP contribution in [-0.4, -0.2) is 29.9 Å². The average molecular weight is 372 g/mol. The first-order valence-corrected chi connectivity index (χ1v) is 7.92. The lowest BCUT2D eigenvalue weighted by atomic mass is 9.91. The molecule has 1 saturated heterocycles. The Morgan fingerprint density at radius 1 is 1.47 bits per heavy atom. The van der Waals surface area contributed by atoms with Crippen molar-refractivity contribution in [2.24, 2.45) is 11.7 Å². The van der Waals surface area contributed by atoms with Crippen LogP contribution in [0.15, 0.2) is 24.3 Å². The molecule has 0 aliphatic carbocycles. The number of halogens is 1. The Kier molecular flexibility index (Phi) is 5.21. The second-order valence-corrected chi connectivity index (χ2v) is 6.63. The SMILES string of the molecule is CC(N)C1CCN(C(=O)Cc2cccc(I)c2)CC1. The Hall–Kier alpha value is -0.620. The van der Waals surface area contributed by atoms with Gasteiger partial charge in [0.1, 0.15) is 0 Å². The number of carbonyl (C=O) groups is 1. The van der Waals surface area contributed by atoms with Crippen molar-refractivity contribution in [3.8, 4) is 0 Å². The number of nitrogens with zero attached hydrogens (tertiary/aromatic N) is 1. The Morgan fingerprint density at radius 2 is 2.16 bits per heavy atom. The van der Waals surface area contributed by atoms with Crippen LogP contribution in [0.3, 0.4) is 0 Å². The third kappa shape index (κ3) is 4.18. The lowest BCUT2D eigenvalue weighted by Gasteiger charge is -2.33.